The number of amides is 2. The van der Waals surface area contributed by atoms with Crippen LogP contribution < -0.4 is 10.6 Å². The lowest BCUT2D eigenvalue weighted by molar-refractivity contribution is -0.123. The first-order valence-corrected chi connectivity index (χ1v) is 9.19. The molecule has 0 aliphatic heterocycles. The minimum absolute atomic E-state index is 0.00503. The maximum Gasteiger partial charge on any atom is 0.257 e. The zero-order valence-electron chi connectivity index (χ0n) is 14.5. The zero-order chi connectivity index (χ0) is 18.9. The number of rotatable bonds is 7. The molecule has 3 rings (SSSR count). The third-order valence-electron chi connectivity index (χ3n) is 3.75. The first-order chi connectivity index (χ1) is 13.2. The van der Waals surface area contributed by atoms with Gasteiger partial charge < -0.3 is 10.6 Å². The van der Waals surface area contributed by atoms with E-state index < -0.39 is 11.8 Å². The van der Waals surface area contributed by atoms with Crippen LogP contribution in [-0.2, 0) is 22.7 Å². The molecule has 0 unspecified atom stereocenters. The van der Waals surface area contributed by atoms with Gasteiger partial charge in [-0.2, -0.15) is 0 Å². The van der Waals surface area contributed by atoms with Gasteiger partial charge in [-0.15, -0.1) is 5.10 Å². The number of carbonyl (C=O) groups excluding carboxylic acids is 2. The summed E-state index contributed by atoms with van der Waals surface area (Å²) >= 11 is 1.16. The molecule has 6 nitrogen and oxygen atoms in total. The van der Waals surface area contributed by atoms with Crippen molar-refractivity contribution in [3.63, 3.8) is 0 Å². The molecule has 0 aliphatic rings. The van der Waals surface area contributed by atoms with E-state index in [0.29, 0.717) is 18.8 Å². The molecule has 0 saturated heterocycles. The van der Waals surface area contributed by atoms with Crippen molar-refractivity contribution in [1.29, 1.82) is 0 Å². The number of aromatic nitrogens is 2. The third kappa shape index (κ3) is 5.58. The normalized spacial score (nSPS) is 10.1. The van der Waals surface area contributed by atoms with Crippen molar-refractivity contribution in [2.24, 2.45) is 0 Å². The van der Waals surface area contributed by atoms with Crippen molar-refractivity contribution in [2.45, 2.75) is 13.1 Å². The van der Waals surface area contributed by atoms with Gasteiger partial charge in [-0.1, -0.05) is 65.2 Å². The quantitative estimate of drug-likeness (QED) is 0.376. The highest BCUT2D eigenvalue weighted by Crippen LogP contribution is 2.08. The van der Waals surface area contributed by atoms with Crippen molar-refractivity contribution in [3.05, 3.63) is 88.4 Å². The highest BCUT2D eigenvalue weighted by molar-refractivity contribution is 7.03. The fourth-order valence-corrected chi connectivity index (χ4v) is 2.78. The van der Waals surface area contributed by atoms with E-state index in [9.17, 15) is 9.59 Å². The summed E-state index contributed by atoms with van der Waals surface area (Å²) < 4.78 is 3.76. The molecule has 0 saturated carbocycles. The predicted molar refractivity (Wildman–Crippen MR) is 104 cm³/mol. The first kappa shape index (κ1) is 18.5. The molecule has 3 aromatic rings. The third-order valence-corrected chi connectivity index (χ3v) is 4.27. The van der Waals surface area contributed by atoms with E-state index in [1.807, 2.05) is 60.7 Å². The lowest BCUT2D eigenvalue weighted by Crippen LogP contribution is -2.34. The van der Waals surface area contributed by atoms with Crippen molar-refractivity contribution < 1.29 is 9.59 Å². The second-order valence-electron chi connectivity index (χ2n) is 5.72. The average Bonchev–Trinajstić information content (AvgIpc) is 3.23. The maximum atomic E-state index is 12.6. The van der Waals surface area contributed by atoms with Gasteiger partial charge in [0.15, 0.2) is 0 Å². The van der Waals surface area contributed by atoms with Gasteiger partial charge in [0.1, 0.15) is 5.57 Å². The second-order valence-corrected chi connectivity index (χ2v) is 6.33. The van der Waals surface area contributed by atoms with Crippen LogP contribution in [0.1, 0.15) is 16.8 Å². The Kier molecular flexibility index (Phi) is 6.43. The Morgan fingerprint density at radius 1 is 0.852 bits per heavy atom. The predicted octanol–water partition coefficient (Wildman–Crippen LogP) is 2.55. The number of benzene rings is 2. The van der Waals surface area contributed by atoms with E-state index in [4.69, 9.17) is 0 Å². The lowest BCUT2D eigenvalue weighted by atomic mass is 10.1. The Labute approximate surface area is 161 Å². The number of nitrogens with zero attached hydrogens (tertiary/aromatic N) is 2. The summed E-state index contributed by atoms with van der Waals surface area (Å²) in [6.07, 6.45) is 1.45. The highest BCUT2D eigenvalue weighted by atomic mass is 32.1. The first-order valence-electron chi connectivity index (χ1n) is 8.35. The van der Waals surface area contributed by atoms with Gasteiger partial charge >= 0.3 is 0 Å². The molecule has 1 aromatic heterocycles. The molecule has 2 aromatic carbocycles. The van der Waals surface area contributed by atoms with Crippen LogP contribution in [-0.4, -0.2) is 21.4 Å². The smallest absolute Gasteiger partial charge is 0.257 e. The van der Waals surface area contributed by atoms with Crippen LogP contribution in [0.3, 0.4) is 0 Å². The summed E-state index contributed by atoms with van der Waals surface area (Å²) in [7, 11) is 0. The van der Waals surface area contributed by atoms with Crippen LogP contribution in [0.15, 0.2) is 71.6 Å². The molecule has 2 N–H and O–H groups in total. The van der Waals surface area contributed by atoms with E-state index in [0.717, 1.165) is 22.7 Å². The average molecular weight is 378 g/mol. The minimum Gasteiger partial charge on any atom is -0.348 e. The van der Waals surface area contributed by atoms with Gasteiger partial charge in [-0.25, -0.2) is 0 Å². The molecule has 27 heavy (non-hydrogen) atoms. The van der Waals surface area contributed by atoms with Crippen molar-refractivity contribution >= 4 is 29.4 Å². The SMILES string of the molecule is O=C(NCc1ccccc1)C(=Cc1csnn1)C(=O)NCc1ccccc1. The monoisotopic (exact) mass is 378 g/mol. The van der Waals surface area contributed by atoms with E-state index in [1.165, 1.54) is 6.08 Å². The molecule has 0 spiro atoms. The number of hydrogen-bond donors (Lipinski definition) is 2. The Morgan fingerprint density at radius 3 is 1.81 bits per heavy atom. The number of carbonyl (C=O) groups is 2. The molecule has 0 atom stereocenters. The molecule has 1 heterocycles. The molecule has 0 fully saturated rings. The fraction of sp³-hybridized carbons (Fsp3) is 0.100. The fourth-order valence-electron chi connectivity index (χ4n) is 2.36. The van der Waals surface area contributed by atoms with Gasteiger partial charge in [0, 0.05) is 18.5 Å². The Bertz CT molecular complexity index is 852. The molecule has 136 valence electrons. The van der Waals surface area contributed by atoms with Crippen molar-refractivity contribution in [1.82, 2.24) is 20.2 Å². The van der Waals surface area contributed by atoms with Crippen molar-refractivity contribution in [2.75, 3.05) is 0 Å². The number of hydrogen-bond acceptors (Lipinski definition) is 5. The summed E-state index contributed by atoms with van der Waals surface area (Å²) in [4.78, 5) is 25.2. The molecule has 0 radical (unpaired) electrons. The minimum atomic E-state index is -0.461. The van der Waals surface area contributed by atoms with Crippen LogP contribution >= 0.6 is 11.5 Å². The van der Waals surface area contributed by atoms with E-state index >= 15 is 0 Å². The largest absolute Gasteiger partial charge is 0.348 e. The van der Waals surface area contributed by atoms with Crippen molar-refractivity contribution in [3.8, 4) is 0 Å². The Hall–Kier alpha value is -3.32. The van der Waals surface area contributed by atoms with Gasteiger partial charge in [0.2, 0.25) is 0 Å². The molecule has 0 aliphatic carbocycles. The second kappa shape index (κ2) is 9.40. The van der Waals surface area contributed by atoms with Gasteiger partial charge in [0.25, 0.3) is 11.8 Å². The molecular weight excluding hydrogens is 360 g/mol. The molecule has 2 amide bonds. The van der Waals surface area contributed by atoms with Gasteiger partial charge in [-0.05, 0) is 28.7 Å². The summed E-state index contributed by atoms with van der Waals surface area (Å²) in [5.74, 6) is -0.921. The number of nitrogens with one attached hydrogen (secondary N) is 2. The summed E-state index contributed by atoms with van der Waals surface area (Å²) in [6, 6.07) is 19.0. The topological polar surface area (TPSA) is 84.0 Å². The highest BCUT2D eigenvalue weighted by Gasteiger charge is 2.18. The zero-order valence-corrected chi connectivity index (χ0v) is 15.3. The van der Waals surface area contributed by atoms with Crippen LogP contribution in [0.5, 0.6) is 0 Å². The van der Waals surface area contributed by atoms with E-state index in [1.54, 1.807) is 5.38 Å². The molecular formula is C20H18N4O2S. The van der Waals surface area contributed by atoms with Crippen LogP contribution in [0.4, 0.5) is 0 Å². The Balaban J connectivity index is 1.70. The maximum absolute atomic E-state index is 12.6. The molecule has 7 heteroatoms. The van der Waals surface area contributed by atoms with Gasteiger partial charge in [0.05, 0.1) is 5.69 Å². The van der Waals surface area contributed by atoms with Crippen LogP contribution in [0, 0.1) is 0 Å². The summed E-state index contributed by atoms with van der Waals surface area (Å²) in [5, 5.41) is 11.1. The van der Waals surface area contributed by atoms with E-state index in [2.05, 4.69) is 20.2 Å². The van der Waals surface area contributed by atoms with Crippen LogP contribution in [0.25, 0.3) is 6.08 Å². The van der Waals surface area contributed by atoms with E-state index in [-0.39, 0.29) is 5.57 Å². The Morgan fingerprint density at radius 2 is 1.37 bits per heavy atom. The molecule has 0 bridgehead atoms. The van der Waals surface area contributed by atoms with Crippen LogP contribution in [0.2, 0.25) is 0 Å². The summed E-state index contributed by atoms with van der Waals surface area (Å²) in [5.41, 5.74) is 2.37. The van der Waals surface area contributed by atoms with Gasteiger partial charge in [-0.3, -0.25) is 9.59 Å². The lowest BCUT2D eigenvalue weighted by Gasteiger charge is -2.10. The summed E-state index contributed by atoms with van der Waals surface area (Å²) in [6.45, 7) is 0.663. The standard InChI is InChI=1S/C20H18N4O2S/c25-19(21-12-15-7-3-1-4-8-15)18(11-17-14-27-24-23-17)20(26)22-13-16-9-5-2-6-10-16/h1-11,14H,12-13H2,(H,21,25)(H,22,26).